The monoisotopic (exact) mass is 449 g/mol. The van der Waals surface area contributed by atoms with Gasteiger partial charge < -0.3 is 9.84 Å². The van der Waals surface area contributed by atoms with E-state index >= 15 is 0 Å². The summed E-state index contributed by atoms with van der Waals surface area (Å²) in [6, 6.07) is 7.47. The maximum absolute atomic E-state index is 13.5. The smallest absolute Gasteiger partial charge is 0.234 e. The summed E-state index contributed by atoms with van der Waals surface area (Å²) in [5.41, 5.74) is 4.54. The molecule has 1 aromatic carbocycles. The molecule has 0 spiro atoms. The van der Waals surface area contributed by atoms with Gasteiger partial charge in [0, 0.05) is 17.5 Å². The number of phenolic OH excluding ortho intramolecular Hbond substituents is 1. The number of ether oxygens (including phenoxy) is 1. The number of para-hydroxylation sites is 1. The number of amides is 2. The van der Waals surface area contributed by atoms with Crippen LogP contribution in [0.15, 0.2) is 41.0 Å². The van der Waals surface area contributed by atoms with Gasteiger partial charge in [-0.1, -0.05) is 54.7 Å². The van der Waals surface area contributed by atoms with Crippen LogP contribution in [0.2, 0.25) is 0 Å². The van der Waals surface area contributed by atoms with Crippen LogP contribution in [-0.2, 0) is 14.3 Å². The Morgan fingerprint density at radius 3 is 2.64 bits per heavy atom. The van der Waals surface area contributed by atoms with Gasteiger partial charge in [0.2, 0.25) is 11.8 Å². The van der Waals surface area contributed by atoms with Crippen molar-refractivity contribution in [3.8, 4) is 5.75 Å². The second kappa shape index (κ2) is 9.09. The average molecular weight is 450 g/mol. The van der Waals surface area contributed by atoms with Gasteiger partial charge in [-0.05, 0) is 57.6 Å². The second-order valence-corrected chi connectivity index (χ2v) is 10.4. The summed E-state index contributed by atoms with van der Waals surface area (Å²) in [4.78, 5) is 28.5. The highest BCUT2D eigenvalue weighted by atomic mass is 16.5. The Kier molecular flexibility index (Phi) is 6.17. The van der Waals surface area contributed by atoms with E-state index in [1.54, 1.807) is 11.0 Å². The summed E-state index contributed by atoms with van der Waals surface area (Å²) in [5.74, 6) is 0.0327. The van der Waals surface area contributed by atoms with E-state index in [1.807, 2.05) is 24.3 Å². The van der Waals surface area contributed by atoms with Crippen molar-refractivity contribution in [3.63, 3.8) is 0 Å². The molecule has 1 saturated carbocycles. The standard InChI is InChI=1S/C28H35NO4/c1-17(14-19-8-6-7-11-23(19)30)12-13-24-25-18(2)15-21-26(22(25)16-33-24)28(32)29(27(21)31)20-9-4-3-5-10-20/h6-8,11,14,20-22,24,26,30H,3-5,9-10,12-13,15-16H2,1-2H3/b17-14+/t21-,22+,24-,26-/m1/s1. The molecule has 3 fully saturated rings. The Morgan fingerprint density at radius 1 is 1.12 bits per heavy atom. The number of hydrogen-bond acceptors (Lipinski definition) is 4. The molecule has 0 unspecified atom stereocenters. The van der Waals surface area contributed by atoms with Gasteiger partial charge in [-0.25, -0.2) is 0 Å². The quantitative estimate of drug-likeness (QED) is 0.493. The van der Waals surface area contributed by atoms with Crippen molar-refractivity contribution < 1.29 is 19.4 Å². The molecule has 1 N–H and O–H groups in total. The first-order chi connectivity index (χ1) is 16.0. The predicted octanol–water partition coefficient (Wildman–Crippen LogP) is 5.24. The number of benzene rings is 1. The van der Waals surface area contributed by atoms with E-state index in [-0.39, 0.29) is 47.5 Å². The number of imide groups is 1. The SMILES string of the molecule is CC1=C2[C@@H](CC/C(C)=C/c3ccccc3O)OC[C@@H]2[C@@H]2C(=O)N(C3CCCCC3)C(=O)[C@@H]2C1. The van der Waals surface area contributed by atoms with Crippen molar-refractivity contribution >= 4 is 17.9 Å². The zero-order chi connectivity index (χ0) is 23.1. The third kappa shape index (κ3) is 4.05. The number of hydrogen-bond donors (Lipinski definition) is 1. The number of rotatable bonds is 5. The maximum Gasteiger partial charge on any atom is 0.234 e. The molecule has 2 aliphatic heterocycles. The number of aromatic hydroxyl groups is 1. The zero-order valence-corrected chi connectivity index (χ0v) is 19.8. The van der Waals surface area contributed by atoms with Gasteiger partial charge in [-0.15, -0.1) is 0 Å². The molecular formula is C28H35NO4. The van der Waals surface area contributed by atoms with Gasteiger partial charge in [0.05, 0.1) is 24.5 Å². The highest BCUT2D eigenvalue weighted by Crippen LogP contribution is 2.50. The molecule has 5 nitrogen and oxygen atoms in total. The molecule has 5 rings (SSSR count). The Hall–Kier alpha value is -2.40. The minimum absolute atomic E-state index is 0.00954. The summed E-state index contributed by atoms with van der Waals surface area (Å²) in [6.45, 7) is 4.75. The van der Waals surface area contributed by atoms with E-state index in [0.29, 0.717) is 13.0 Å². The number of carbonyl (C=O) groups excluding carboxylic acids is 2. The Bertz CT molecular complexity index is 1000. The van der Waals surface area contributed by atoms with Crippen LogP contribution in [0.3, 0.4) is 0 Å². The number of allylic oxidation sites excluding steroid dienone is 2. The molecule has 2 amide bonds. The van der Waals surface area contributed by atoms with Gasteiger partial charge in [0.15, 0.2) is 0 Å². The minimum atomic E-state index is -0.235. The molecule has 0 aromatic heterocycles. The lowest BCUT2D eigenvalue weighted by Crippen LogP contribution is -2.42. The Labute approximate surface area is 196 Å². The van der Waals surface area contributed by atoms with E-state index in [9.17, 15) is 14.7 Å². The fourth-order valence-corrected chi connectivity index (χ4v) is 6.66. The molecular weight excluding hydrogens is 414 g/mol. The third-order valence-electron chi connectivity index (χ3n) is 8.27. The fraction of sp³-hybridized carbons (Fsp3) is 0.571. The molecule has 2 aliphatic carbocycles. The van der Waals surface area contributed by atoms with E-state index < -0.39 is 0 Å². The van der Waals surface area contributed by atoms with E-state index in [4.69, 9.17) is 4.74 Å². The fourth-order valence-electron chi connectivity index (χ4n) is 6.66. The van der Waals surface area contributed by atoms with Crippen LogP contribution in [0.5, 0.6) is 5.75 Å². The maximum atomic E-state index is 13.5. The van der Waals surface area contributed by atoms with Crippen LogP contribution < -0.4 is 0 Å². The first-order valence-electron chi connectivity index (χ1n) is 12.6. The summed E-state index contributed by atoms with van der Waals surface area (Å²) < 4.78 is 6.25. The number of likely N-dealkylation sites (tertiary alicyclic amines) is 1. The van der Waals surface area contributed by atoms with Gasteiger partial charge in [0.1, 0.15) is 5.75 Å². The molecule has 2 saturated heterocycles. The summed E-state index contributed by atoms with van der Waals surface area (Å²) in [7, 11) is 0. The molecule has 1 aromatic rings. The van der Waals surface area contributed by atoms with E-state index in [1.165, 1.54) is 23.1 Å². The first-order valence-corrected chi connectivity index (χ1v) is 12.6. The normalized spacial score (nSPS) is 30.7. The lowest BCUT2D eigenvalue weighted by Gasteiger charge is -2.31. The highest BCUT2D eigenvalue weighted by Gasteiger charge is 2.57. The predicted molar refractivity (Wildman–Crippen MR) is 127 cm³/mol. The number of fused-ring (bicyclic) bond motifs is 3. The lowest BCUT2D eigenvalue weighted by atomic mass is 9.70. The van der Waals surface area contributed by atoms with Gasteiger partial charge in [-0.3, -0.25) is 14.5 Å². The lowest BCUT2D eigenvalue weighted by molar-refractivity contribution is -0.143. The van der Waals surface area contributed by atoms with Crippen molar-refractivity contribution in [2.45, 2.75) is 77.4 Å². The van der Waals surface area contributed by atoms with Crippen LogP contribution in [0, 0.1) is 17.8 Å². The van der Waals surface area contributed by atoms with E-state index in [0.717, 1.165) is 44.1 Å². The molecule has 4 atom stereocenters. The highest BCUT2D eigenvalue weighted by molar-refractivity contribution is 6.06. The molecule has 33 heavy (non-hydrogen) atoms. The molecule has 176 valence electrons. The van der Waals surface area contributed by atoms with Crippen LogP contribution in [0.4, 0.5) is 0 Å². The number of carbonyl (C=O) groups is 2. The molecule has 4 aliphatic rings. The van der Waals surface area contributed by atoms with Crippen LogP contribution >= 0.6 is 0 Å². The Balaban J connectivity index is 1.30. The van der Waals surface area contributed by atoms with Crippen molar-refractivity contribution in [2.75, 3.05) is 6.61 Å². The average Bonchev–Trinajstić information content (AvgIpc) is 3.34. The number of nitrogens with zero attached hydrogens (tertiary/aromatic N) is 1. The Morgan fingerprint density at radius 2 is 1.88 bits per heavy atom. The van der Waals surface area contributed by atoms with Crippen LogP contribution in [0.25, 0.3) is 6.08 Å². The first kappa shape index (κ1) is 22.4. The molecule has 0 bridgehead atoms. The van der Waals surface area contributed by atoms with Crippen molar-refractivity contribution in [1.29, 1.82) is 0 Å². The summed E-state index contributed by atoms with van der Waals surface area (Å²) in [6.07, 6.45) is 9.80. The molecule has 2 heterocycles. The summed E-state index contributed by atoms with van der Waals surface area (Å²) >= 11 is 0. The van der Waals surface area contributed by atoms with Gasteiger partial charge in [0.25, 0.3) is 0 Å². The number of phenols is 1. The van der Waals surface area contributed by atoms with Crippen LogP contribution in [-0.4, -0.2) is 40.6 Å². The van der Waals surface area contributed by atoms with Gasteiger partial charge in [-0.2, -0.15) is 0 Å². The topological polar surface area (TPSA) is 66.8 Å². The van der Waals surface area contributed by atoms with Gasteiger partial charge >= 0.3 is 0 Å². The zero-order valence-electron chi connectivity index (χ0n) is 19.8. The van der Waals surface area contributed by atoms with Crippen molar-refractivity contribution in [1.82, 2.24) is 4.90 Å². The summed E-state index contributed by atoms with van der Waals surface area (Å²) in [5, 5.41) is 10.0. The van der Waals surface area contributed by atoms with Crippen molar-refractivity contribution in [2.24, 2.45) is 17.8 Å². The van der Waals surface area contributed by atoms with E-state index in [2.05, 4.69) is 13.8 Å². The largest absolute Gasteiger partial charge is 0.507 e. The molecule has 5 heteroatoms. The molecule has 0 radical (unpaired) electrons. The minimum Gasteiger partial charge on any atom is -0.507 e. The second-order valence-electron chi connectivity index (χ2n) is 10.4. The van der Waals surface area contributed by atoms with Crippen molar-refractivity contribution in [3.05, 3.63) is 46.5 Å². The third-order valence-corrected chi connectivity index (χ3v) is 8.27. The van der Waals surface area contributed by atoms with Crippen LogP contribution in [0.1, 0.15) is 70.8 Å².